The molecule has 3 heterocycles. The third kappa shape index (κ3) is 3.71. The van der Waals surface area contributed by atoms with Crippen LogP contribution in [0.1, 0.15) is 60.2 Å². The summed E-state index contributed by atoms with van der Waals surface area (Å²) in [5.41, 5.74) is 1.72. The monoisotopic (exact) mass is 413 g/mol. The normalized spacial score (nSPS) is 23.8. The third-order valence-corrected chi connectivity index (χ3v) is 6.57. The molecule has 3 aliphatic rings. The largest absolute Gasteiger partial charge is 0.376 e. The second-order valence-electron chi connectivity index (χ2n) is 8.35. The van der Waals surface area contributed by atoms with Crippen molar-refractivity contribution in [3.8, 4) is 0 Å². The molecule has 1 aromatic carbocycles. The summed E-state index contributed by atoms with van der Waals surface area (Å²) in [5, 5.41) is 0. The summed E-state index contributed by atoms with van der Waals surface area (Å²) in [6, 6.07) is 5.48. The SMILES string of the molecule is CCN(CC)C(=O)[C@@H]1CCCN(c2cccc3c2C(=O)N(C[C@@H]2CCCO2)C3=O)C1. The van der Waals surface area contributed by atoms with Gasteiger partial charge in [0.15, 0.2) is 0 Å². The van der Waals surface area contributed by atoms with E-state index in [1.54, 1.807) is 6.07 Å². The molecule has 0 radical (unpaired) electrons. The second kappa shape index (κ2) is 8.76. The number of fused-ring (bicyclic) bond motifs is 1. The second-order valence-corrected chi connectivity index (χ2v) is 8.35. The maximum atomic E-state index is 13.2. The van der Waals surface area contributed by atoms with Crippen LogP contribution in [0.5, 0.6) is 0 Å². The van der Waals surface area contributed by atoms with Gasteiger partial charge in [0.1, 0.15) is 0 Å². The first-order valence-electron chi connectivity index (χ1n) is 11.2. The van der Waals surface area contributed by atoms with E-state index >= 15 is 0 Å². The lowest BCUT2D eigenvalue weighted by Gasteiger charge is -2.36. The predicted octanol–water partition coefficient (Wildman–Crippen LogP) is 2.55. The van der Waals surface area contributed by atoms with Crippen LogP contribution in [0.15, 0.2) is 18.2 Å². The molecule has 7 heteroatoms. The van der Waals surface area contributed by atoms with Crippen molar-refractivity contribution in [3.05, 3.63) is 29.3 Å². The van der Waals surface area contributed by atoms with Gasteiger partial charge in [-0.3, -0.25) is 19.3 Å². The van der Waals surface area contributed by atoms with Crippen molar-refractivity contribution < 1.29 is 19.1 Å². The highest BCUT2D eigenvalue weighted by molar-refractivity contribution is 6.23. The van der Waals surface area contributed by atoms with Gasteiger partial charge >= 0.3 is 0 Å². The molecular weight excluding hydrogens is 382 g/mol. The number of nitrogens with zero attached hydrogens (tertiary/aromatic N) is 3. The number of piperidine rings is 1. The lowest BCUT2D eigenvalue weighted by Crippen LogP contribution is -2.45. The predicted molar refractivity (Wildman–Crippen MR) is 114 cm³/mol. The van der Waals surface area contributed by atoms with Gasteiger partial charge in [0.2, 0.25) is 5.91 Å². The van der Waals surface area contributed by atoms with Crippen LogP contribution < -0.4 is 4.90 Å². The number of carbonyl (C=O) groups is 3. The quantitative estimate of drug-likeness (QED) is 0.671. The van der Waals surface area contributed by atoms with Crippen LogP contribution in [0.25, 0.3) is 0 Å². The van der Waals surface area contributed by atoms with E-state index in [-0.39, 0.29) is 29.7 Å². The Bertz CT molecular complexity index is 830. The zero-order valence-corrected chi connectivity index (χ0v) is 17.9. The Kier molecular flexibility index (Phi) is 6.09. The van der Waals surface area contributed by atoms with Gasteiger partial charge in [0.05, 0.1) is 35.4 Å². The van der Waals surface area contributed by atoms with Crippen LogP contribution in [0.2, 0.25) is 0 Å². The number of carbonyl (C=O) groups excluding carboxylic acids is 3. The highest BCUT2D eigenvalue weighted by Crippen LogP contribution is 2.35. The van der Waals surface area contributed by atoms with Gasteiger partial charge in [-0.25, -0.2) is 0 Å². The number of ether oxygens (including phenoxy) is 1. The van der Waals surface area contributed by atoms with Gasteiger partial charge in [-0.15, -0.1) is 0 Å². The number of amides is 3. The molecular formula is C23H31N3O4. The zero-order valence-electron chi connectivity index (χ0n) is 17.9. The van der Waals surface area contributed by atoms with Gasteiger partial charge in [0.25, 0.3) is 11.8 Å². The summed E-state index contributed by atoms with van der Waals surface area (Å²) >= 11 is 0. The summed E-state index contributed by atoms with van der Waals surface area (Å²) in [5.74, 6) is -0.372. The summed E-state index contributed by atoms with van der Waals surface area (Å²) in [6.45, 7) is 7.78. The minimum atomic E-state index is -0.238. The van der Waals surface area contributed by atoms with Gasteiger partial charge < -0.3 is 14.5 Å². The average molecular weight is 414 g/mol. The molecule has 0 aliphatic carbocycles. The Morgan fingerprint density at radius 2 is 1.93 bits per heavy atom. The molecule has 3 amide bonds. The number of hydrogen-bond acceptors (Lipinski definition) is 5. The van der Waals surface area contributed by atoms with Crippen molar-refractivity contribution in [2.24, 2.45) is 5.92 Å². The van der Waals surface area contributed by atoms with Gasteiger partial charge in [0, 0.05) is 32.8 Å². The fraction of sp³-hybridized carbons (Fsp3) is 0.609. The third-order valence-electron chi connectivity index (χ3n) is 6.57. The van der Waals surface area contributed by atoms with Gasteiger partial charge in [-0.1, -0.05) is 6.07 Å². The van der Waals surface area contributed by atoms with Crippen LogP contribution in [-0.4, -0.2) is 73.0 Å². The molecule has 0 N–H and O–H groups in total. The Morgan fingerprint density at radius 1 is 1.13 bits per heavy atom. The summed E-state index contributed by atoms with van der Waals surface area (Å²) in [7, 11) is 0. The van der Waals surface area contributed by atoms with Crippen LogP contribution in [-0.2, 0) is 9.53 Å². The van der Waals surface area contributed by atoms with Crippen LogP contribution in [0, 0.1) is 5.92 Å². The average Bonchev–Trinajstić information content (AvgIpc) is 3.37. The molecule has 2 atom stereocenters. The van der Waals surface area contributed by atoms with E-state index in [1.165, 1.54) is 4.90 Å². The Labute approximate surface area is 177 Å². The first kappa shape index (κ1) is 20.8. The van der Waals surface area contributed by atoms with E-state index in [0.29, 0.717) is 43.9 Å². The topological polar surface area (TPSA) is 70.2 Å². The highest BCUT2D eigenvalue weighted by Gasteiger charge is 2.41. The molecule has 0 spiro atoms. The number of imide groups is 1. The van der Waals surface area contributed by atoms with Crippen molar-refractivity contribution in [1.29, 1.82) is 0 Å². The summed E-state index contributed by atoms with van der Waals surface area (Å²) in [6.07, 6.45) is 3.53. The standard InChI is InChI=1S/C23H31N3O4/c1-3-24(4-2)21(27)16-8-6-12-25(14-16)19-11-5-10-18-20(19)23(29)26(22(18)28)15-17-9-7-13-30-17/h5,10-11,16-17H,3-4,6-9,12-15H2,1-2H3/t16-,17+/m1/s1. The fourth-order valence-corrected chi connectivity index (χ4v) is 4.93. The van der Waals surface area contributed by atoms with Gasteiger partial charge in [-0.05, 0) is 51.7 Å². The maximum absolute atomic E-state index is 13.2. The van der Waals surface area contributed by atoms with Crippen LogP contribution in [0.3, 0.4) is 0 Å². The van der Waals surface area contributed by atoms with E-state index in [2.05, 4.69) is 4.90 Å². The smallest absolute Gasteiger partial charge is 0.263 e. The van der Waals surface area contributed by atoms with Crippen LogP contribution in [0.4, 0.5) is 5.69 Å². The van der Waals surface area contributed by atoms with Crippen molar-refractivity contribution in [1.82, 2.24) is 9.80 Å². The molecule has 162 valence electrons. The fourth-order valence-electron chi connectivity index (χ4n) is 4.93. The molecule has 0 bridgehead atoms. The molecule has 0 unspecified atom stereocenters. The minimum Gasteiger partial charge on any atom is -0.376 e. The molecule has 30 heavy (non-hydrogen) atoms. The minimum absolute atomic E-state index is 0.0679. The Morgan fingerprint density at radius 3 is 2.63 bits per heavy atom. The highest BCUT2D eigenvalue weighted by atomic mass is 16.5. The van der Waals surface area contributed by atoms with Gasteiger partial charge in [-0.2, -0.15) is 0 Å². The first-order valence-corrected chi connectivity index (χ1v) is 11.2. The number of anilines is 1. The Balaban J connectivity index is 1.56. The lowest BCUT2D eigenvalue weighted by atomic mass is 9.94. The molecule has 7 nitrogen and oxygen atoms in total. The molecule has 3 aliphatic heterocycles. The van der Waals surface area contributed by atoms with E-state index in [1.807, 2.05) is 30.9 Å². The van der Waals surface area contributed by atoms with E-state index in [4.69, 9.17) is 4.74 Å². The van der Waals surface area contributed by atoms with E-state index in [0.717, 1.165) is 37.9 Å². The van der Waals surface area contributed by atoms with Crippen molar-refractivity contribution in [3.63, 3.8) is 0 Å². The zero-order chi connectivity index (χ0) is 21.3. The maximum Gasteiger partial charge on any atom is 0.263 e. The molecule has 0 saturated carbocycles. The van der Waals surface area contributed by atoms with Crippen molar-refractivity contribution in [2.75, 3.05) is 44.2 Å². The molecule has 2 saturated heterocycles. The van der Waals surface area contributed by atoms with Crippen molar-refractivity contribution >= 4 is 23.4 Å². The van der Waals surface area contributed by atoms with Crippen LogP contribution >= 0.6 is 0 Å². The first-order chi connectivity index (χ1) is 14.5. The molecule has 2 fully saturated rings. The van der Waals surface area contributed by atoms with E-state index < -0.39 is 0 Å². The lowest BCUT2D eigenvalue weighted by molar-refractivity contribution is -0.135. The van der Waals surface area contributed by atoms with Crippen molar-refractivity contribution in [2.45, 2.75) is 45.6 Å². The Hall–Kier alpha value is -2.41. The number of rotatable bonds is 6. The molecule has 4 rings (SSSR count). The summed E-state index contributed by atoms with van der Waals surface area (Å²) in [4.78, 5) is 44.4. The van der Waals surface area contributed by atoms with E-state index in [9.17, 15) is 14.4 Å². The molecule has 0 aromatic heterocycles. The molecule has 1 aromatic rings. The number of benzene rings is 1. The number of hydrogen-bond donors (Lipinski definition) is 0. The summed E-state index contributed by atoms with van der Waals surface area (Å²) < 4.78 is 5.64.